The predicted octanol–water partition coefficient (Wildman–Crippen LogP) is 12.3. The molecule has 0 amide bonds. The van der Waals surface area contributed by atoms with Crippen molar-refractivity contribution in [2.75, 3.05) is 0 Å². The van der Waals surface area contributed by atoms with E-state index in [-0.39, 0.29) is 0 Å². The van der Waals surface area contributed by atoms with Crippen molar-refractivity contribution in [2.45, 2.75) is 0 Å². The van der Waals surface area contributed by atoms with Gasteiger partial charge in [0.15, 0.2) is 0 Å². The summed E-state index contributed by atoms with van der Waals surface area (Å²) in [6, 6.07) is 64.9. The van der Waals surface area contributed by atoms with Gasteiger partial charge in [0, 0.05) is 44.0 Å². The molecule has 0 saturated carbocycles. The lowest BCUT2D eigenvalue weighted by Crippen LogP contribution is -1.97. The normalized spacial score (nSPS) is 11.8. The van der Waals surface area contributed by atoms with Crippen LogP contribution in [0.15, 0.2) is 182 Å². The van der Waals surface area contributed by atoms with Crippen LogP contribution in [0.25, 0.3) is 99.3 Å². The second-order valence-corrected chi connectivity index (χ2v) is 13.4. The maximum Gasteiger partial charge on any atom is 0.0973 e. The second kappa shape index (κ2) is 11.2. The van der Waals surface area contributed by atoms with Crippen molar-refractivity contribution in [2.24, 2.45) is 0 Å². The third-order valence-electron chi connectivity index (χ3n) is 10.5. The van der Waals surface area contributed by atoms with E-state index in [9.17, 15) is 0 Å². The Hall–Kier alpha value is -7.04. The number of nitrogens with zero attached hydrogens (tertiary/aromatic N) is 4. The molecule has 0 saturated heterocycles. The summed E-state index contributed by atoms with van der Waals surface area (Å²) >= 11 is 0. The Morgan fingerprint density at radius 1 is 0.308 bits per heavy atom. The summed E-state index contributed by atoms with van der Waals surface area (Å²) in [5.74, 6) is 0. The highest BCUT2D eigenvalue weighted by Crippen LogP contribution is 2.39. The highest BCUT2D eigenvalue weighted by molar-refractivity contribution is 6.15. The molecular formula is C48H30N4. The Morgan fingerprint density at radius 3 is 1.46 bits per heavy atom. The first kappa shape index (κ1) is 28.8. The first-order valence-corrected chi connectivity index (χ1v) is 17.7. The van der Waals surface area contributed by atoms with Crippen LogP contribution in [0.5, 0.6) is 0 Å². The largest absolute Gasteiger partial charge is 0.309 e. The summed E-state index contributed by atoms with van der Waals surface area (Å²) in [7, 11) is 0. The van der Waals surface area contributed by atoms with E-state index in [1.807, 2.05) is 30.3 Å². The molecule has 0 aliphatic carbocycles. The van der Waals surface area contributed by atoms with E-state index in [4.69, 9.17) is 9.97 Å². The van der Waals surface area contributed by atoms with Crippen molar-refractivity contribution in [3.63, 3.8) is 0 Å². The Morgan fingerprint density at radius 2 is 0.788 bits per heavy atom. The molecule has 0 atom stereocenters. The van der Waals surface area contributed by atoms with Gasteiger partial charge in [0.25, 0.3) is 0 Å². The summed E-state index contributed by atoms with van der Waals surface area (Å²) in [5.41, 5.74) is 12.6. The highest BCUT2D eigenvalue weighted by Gasteiger charge is 2.18. The number of aromatic nitrogens is 4. The molecule has 52 heavy (non-hydrogen) atoms. The average molecular weight is 663 g/mol. The Labute approximate surface area is 299 Å². The van der Waals surface area contributed by atoms with Crippen LogP contribution in [0.1, 0.15) is 0 Å². The molecule has 0 N–H and O–H groups in total. The van der Waals surface area contributed by atoms with Crippen molar-refractivity contribution in [1.82, 2.24) is 19.1 Å². The minimum absolute atomic E-state index is 0.875. The fraction of sp³-hybridized carbons (Fsp3) is 0. The number of rotatable bonds is 4. The van der Waals surface area contributed by atoms with Crippen LogP contribution in [0.2, 0.25) is 0 Å². The molecule has 0 fully saturated rings. The zero-order valence-corrected chi connectivity index (χ0v) is 28.1. The van der Waals surface area contributed by atoms with Gasteiger partial charge in [-0.25, -0.2) is 9.97 Å². The van der Waals surface area contributed by atoms with E-state index in [0.29, 0.717) is 0 Å². The van der Waals surface area contributed by atoms with E-state index in [1.54, 1.807) is 0 Å². The van der Waals surface area contributed by atoms with E-state index in [2.05, 4.69) is 161 Å². The molecule has 3 heterocycles. The highest BCUT2D eigenvalue weighted by atomic mass is 15.0. The maximum atomic E-state index is 5.15. The van der Waals surface area contributed by atoms with Gasteiger partial charge >= 0.3 is 0 Å². The van der Waals surface area contributed by atoms with Crippen molar-refractivity contribution in [3.05, 3.63) is 182 Å². The lowest BCUT2D eigenvalue weighted by atomic mass is 10.0. The topological polar surface area (TPSA) is 35.6 Å². The Kier molecular flexibility index (Phi) is 6.22. The quantitative estimate of drug-likeness (QED) is 0.188. The second-order valence-electron chi connectivity index (χ2n) is 13.4. The molecule has 4 heteroatoms. The van der Waals surface area contributed by atoms with Gasteiger partial charge in [-0.15, -0.1) is 0 Å². The Bertz CT molecular complexity index is 3120. The SMILES string of the molecule is c1ccc(-c2nc3ccccc3nc2-c2ccc(-n3c4ccc(-n5c6ccccc6c6ccccc65)cc4c4cc5ccccc5cc43)cc2)cc1. The molecule has 0 bridgehead atoms. The van der Waals surface area contributed by atoms with Crippen molar-refractivity contribution >= 4 is 65.4 Å². The summed E-state index contributed by atoms with van der Waals surface area (Å²) in [6.45, 7) is 0. The van der Waals surface area contributed by atoms with Gasteiger partial charge in [-0.3, -0.25) is 0 Å². The van der Waals surface area contributed by atoms with Crippen LogP contribution in [0.4, 0.5) is 0 Å². The van der Waals surface area contributed by atoms with Crippen molar-refractivity contribution in [1.29, 1.82) is 0 Å². The summed E-state index contributed by atoms with van der Waals surface area (Å²) in [6.07, 6.45) is 0. The smallest absolute Gasteiger partial charge is 0.0973 e. The molecule has 0 radical (unpaired) electrons. The third-order valence-corrected chi connectivity index (χ3v) is 10.5. The molecule has 8 aromatic carbocycles. The van der Waals surface area contributed by atoms with Gasteiger partial charge in [0.1, 0.15) is 0 Å². The van der Waals surface area contributed by atoms with Crippen LogP contribution < -0.4 is 0 Å². The van der Waals surface area contributed by atoms with Crippen LogP contribution >= 0.6 is 0 Å². The molecule has 0 spiro atoms. The first-order chi connectivity index (χ1) is 25.8. The van der Waals surface area contributed by atoms with Crippen LogP contribution in [-0.2, 0) is 0 Å². The summed E-state index contributed by atoms with van der Waals surface area (Å²) < 4.78 is 4.80. The van der Waals surface area contributed by atoms with Gasteiger partial charge in [-0.05, 0) is 77.5 Å². The lowest BCUT2D eigenvalue weighted by molar-refractivity contribution is 1.17. The zero-order valence-electron chi connectivity index (χ0n) is 28.1. The van der Waals surface area contributed by atoms with Crippen LogP contribution in [-0.4, -0.2) is 19.1 Å². The summed E-state index contributed by atoms with van der Waals surface area (Å²) in [4.78, 5) is 10.3. The van der Waals surface area contributed by atoms with Gasteiger partial charge in [-0.2, -0.15) is 0 Å². The van der Waals surface area contributed by atoms with Crippen LogP contribution in [0, 0.1) is 0 Å². The minimum atomic E-state index is 0.875. The molecule has 242 valence electrons. The zero-order chi connectivity index (χ0) is 34.2. The standard InChI is InChI=1S/C48H30N4/c1-2-12-31(13-3-1)47-48(50-42-19-9-8-18-41(42)49-47)32-22-24-35(25-23-32)51-45-27-26-36(30-40(45)39-28-33-14-4-5-15-34(33)29-46(39)51)52-43-20-10-6-16-37(43)38-17-7-11-21-44(38)52/h1-30H. The predicted molar refractivity (Wildman–Crippen MR) is 217 cm³/mol. The third kappa shape index (κ3) is 4.34. The number of hydrogen-bond donors (Lipinski definition) is 0. The van der Waals surface area contributed by atoms with Crippen molar-refractivity contribution < 1.29 is 0 Å². The molecule has 3 aromatic heterocycles. The summed E-state index contributed by atoms with van der Waals surface area (Å²) in [5, 5.41) is 7.42. The minimum Gasteiger partial charge on any atom is -0.309 e. The molecule has 11 rings (SSSR count). The van der Waals surface area contributed by atoms with Crippen molar-refractivity contribution in [3.8, 4) is 33.9 Å². The lowest BCUT2D eigenvalue weighted by Gasteiger charge is -2.13. The maximum absolute atomic E-state index is 5.15. The molecule has 0 aliphatic heterocycles. The average Bonchev–Trinajstić information content (AvgIpc) is 3.72. The monoisotopic (exact) mass is 662 g/mol. The van der Waals surface area contributed by atoms with Gasteiger partial charge in [-0.1, -0.05) is 115 Å². The molecule has 0 aliphatic rings. The number of para-hydroxylation sites is 4. The van der Waals surface area contributed by atoms with E-state index in [1.165, 1.54) is 48.9 Å². The molecule has 0 unspecified atom stereocenters. The fourth-order valence-electron chi connectivity index (χ4n) is 8.08. The molecule has 4 nitrogen and oxygen atoms in total. The van der Waals surface area contributed by atoms with E-state index >= 15 is 0 Å². The van der Waals surface area contributed by atoms with Gasteiger partial charge in [0.2, 0.25) is 0 Å². The fourth-order valence-corrected chi connectivity index (χ4v) is 8.08. The van der Waals surface area contributed by atoms with Gasteiger partial charge in [0.05, 0.1) is 44.5 Å². The van der Waals surface area contributed by atoms with Crippen LogP contribution in [0.3, 0.4) is 0 Å². The number of fused-ring (bicyclic) bond motifs is 8. The molecule has 11 aromatic rings. The van der Waals surface area contributed by atoms with E-state index < -0.39 is 0 Å². The van der Waals surface area contributed by atoms with Gasteiger partial charge < -0.3 is 9.13 Å². The molecular weight excluding hydrogens is 633 g/mol. The van der Waals surface area contributed by atoms with E-state index in [0.717, 1.165) is 50.4 Å². The first-order valence-electron chi connectivity index (χ1n) is 17.7. The number of hydrogen-bond acceptors (Lipinski definition) is 2. The Balaban J connectivity index is 1.13. The number of benzene rings is 8.